The Kier molecular flexibility index (Phi) is 5.94. The van der Waals surface area contributed by atoms with Crippen molar-refractivity contribution in [3.63, 3.8) is 0 Å². The van der Waals surface area contributed by atoms with Crippen molar-refractivity contribution >= 4 is 21.6 Å². The highest BCUT2D eigenvalue weighted by Crippen LogP contribution is 2.38. The maximum absolute atomic E-state index is 13.6. The zero-order chi connectivity index (χ0) is 22.2. The van der Waals surface area contributed by atoms with E-state index < -0.39 is 10.0 Å². The van der Waals surface area contributed by atoms with Gasteiger partial charge in [-0.25, -0.2) is 13.1 Å². The van der Waals surface area contributed by atoms with E-state index in [9.17, 15) is 13.2 Å². The molecule has 0 aromatic heterocycles. The highest BCUT2D eigenvalue weighted by molar-refractivity contribution is 7.89. The van der Waals surface area contributed by atoms with Crippen molar-refractivity contribution in [2.24, 2.45) is 5.92 Å². The molecule has 8 heteroatoms. The summed E-state index contributed by atoms with van der Waals surface area (Å²) in [4.78, 5) is 15.4. The molecule has 2 saturated carbocycles. The van der Waals surface area contributed by atoms with Crippen LogP contribution in [-0.2, 0) is 10.0 Å². The monoisotopic (exact) mass is 444 g/mol. The van der Waals surface area contributed by atoms with Crippen LogP contribution in [0.1, 0.15) is 43.0 Å². The standard InChI is InChI=1S/C23H28N2O5S/c1-15(16-4-5-16)25(19-9-11-20(29-2)12-10-19)23(26)17-6-13-21(30-3)22(14-17)31(27,28)24-18-7-8-18/h6,9-16,18,24H,4-5,7-8H2,1-3H3. The molecular weight excluding hydrogens is 416 g/mol. The minimum absolute atomic E-state index is 0.00681. The smallest absolute Gasteiger partial charge is 0.258 e. The number of carbonyl (C=O) groups is 1. The number of sulfonamides is 1. The van der Waals surface area contributed by atoms with Crippen molar-refractivity contribution in [1.29, 1.82) is 0 Å². The number of hydrogen-bond donors (Lipinski definition) is 1. The summed E-state index contributed by atoms with van der Waals surface area (Å²) in [5.41, 5.74) is 1.06. The van der Waals surface area contributed by atoms with Crippen LogP contribution in [0.4, 0.5) is 5.69 Å². The van der Waals surface area contributed by atoms with Crippen LogP contribution in [0.2, 0.25) is 0 Å². The molecule has 2 aromatic rings. The second kappa shape index (κ2) is 8.51. The van der Waals surface area contributed by atoms with Crippen LogP contribution in [0.3, 0.4) is 0 Å². The third kappa shape index (κ3) is 4.70. The van der Waals surface area contributed by atoms with E-state index in [1.54, 1.807) is 24.1 Å². The van der Waals surface area contributed by atoms with Crippen molar-refractivity contribution in [1.82, 2.24) is 4.72 Å². The first-order valence-corrected chi connectivity index (χ1v) is 12.0. The van der Waals surface area contributed by atoms with Gasteiger partial charge < -0.3 is 14.4 Å². The van der Waals surface area contributed by atoms with E-state index in [4.69, 9.17) is 9.47 Å². The van der Waals surface area contributed by atoms with Gasteiger partial charge in [-0.15, -0.1) is 0 Å². The third-order valence-electron chi connectivity index (χ3n) is 5.88. The summed E-state index contributed by atoms with van der Waals surface area (Å²) in [5, 5.41) is 0. The maximum atomic E-state index is 13.6. The summed E-state index contributed by atoms with van der Waals surface area (Å²) >= 11 is 0. The molecule has 0 aliphatic heterocycles. The lowest BCUT2D eigenvalue weighted by Crippen LogP contribution is -2.40. The van der Waals surface area contributed by atoms with Gasteiger partial charge in [0.15, 0.2) is 0 Å². The van der Waals surface area contributed by atoms with Gasteiger partial charge in [-0.3, -0.25) is 4.79 Å². The summed E-state index contributed by atoms with van der Waals surface area (Å²) < 4.78 is 38.9. The van der Waals surface area contributed by atoms with E-state index >= 15 is 0 Å². The fourth-order valence-electron chi connectivity index (χ4n) is 3.71. The van der Waals surface area contributed by atoms with E-state index in [0.29, 0.717) is 17.2 Å². The number of hydrogen-bond acceptors (Lipinski definition) is 5. The molecule has 2 fully saturated rings. The first-order chi connectivity index (χ1) is 14.8. The van der Waals surface area contributed by atoms with Gasteiger partial charge in [-0.1, -0.05) is 0 Å². The second-order valence-electron chi connectivity index (χ2n) is 8.21. The van der Waals surface area contributed by atoms with E-state index in [1.165, 1.54) is 13.2 Å². The minimum atomic E-state index is -3.78. The van der Waals surface area contributed by atoms with E-state index in [1.807, 2.05) is 31.2 Å². The van der Waals surface area contributed by atoms with Gasteiger partial charge in [0.05, 0.1) is 14.2 Å². The molecule has 0 heterocycles. The highest BCUT2D eigenvalue weighted by Gasteiger charge is 2.36. The second-order valence-corrected chi connectivity index (χ2v) is 9.89. The quantitative estimate of drug-likeness (QED) is 0.639. The molecular formula is C23H28N2O5S. The van der Waals surface area contributed by atoms with Crippen molar-refractivity contribution in [3.05, 3.63) is 48.0 Å². The zero-order valence-electron chi connectivity index (χ0n) is 18.0. The molecule has 1 amide bonds. The summed E-state index contributed by atoms with van der Waals surface area (Å²) in [5.74, 6) is 1.12. The maximum Gasteiger partial charge on any atom is 0.258 e. The van der Waals surface area contributed by atoms with Crippen LogP contribution in [0.25, 0.3) is 0 Å². The Labute approximate surface area is 183 Å². The average Bonchev–Trinajstić information content (AvgIpc) is 3.68. The normalized spacial score (nSPS) is 17.1. The molecule has 0 saturated heterocycles. The van der Waals surface area contributed by atoms with E-state index in [2.05, 4.69) is 4.72 Å². The molecule has 0 radical (unpaired) electrons. The molecule has 4 rings (SSSR count). The van der Waals surface area contributed by atoms with Crippen molar-refractivity contribution in [2.75, 3.05) is 19.1 Å². The fourth-order valence-corrected chi connectivity index (χ4v) is 5.21. The van der Waals surface area contributed by atoms with Gasteiger partial charge in [0.25, 0.3) is 5.91 Å². The lowest BCUT2D eigenvalue weighted by atomic mass is 10.1. The average molecular weight is 445 g/mol. The number of ether oxygens (including phenoxy) is 2. The van der Waals surface area contributed by atoms with Crippen LogP contribution in [-0.4, -0.2) is 40.6 Å². The Bertz CT molecular complexity index is 1060. The number of benzene rings is 2. The molecule has 7 nitrogen and oxygen atoms in total. The molecule has 2 aromatic carbocycles. The first kappa shape index (κ1) is 21.6. The lowest BCUT2D eigenvalue weighted by Gasteiger charge is -2.30. The summed E-state index contributed by atoms with van der Waals surface area (Å²) in [6, 6.07) is 11.9. The molecule has 1 atom stereocenters. The number of rotatable bonds is 9. The van der Waals surface area contributed by atoms with Gasteiger partial charge in [0, 0.05) is 23.3 Å². The van der Waals surface area contributed by atoms with Crippen LogP contribution in [0, 0.1) is 5.92 Å². The number of anilines is 1. The van der Waals surface area contributed by atoms with Crippen molar-refractivity contribution in [3.8, 4) is 11.5 Å². The third-order valence-corrected chi connectivity index (χ3v) is 7.42. The lowest BCUT2D eigenvalue weighted by molar-refractivity contribution is 0.0975. The summed E-state index contributed by atoms with van der Waals surface area (Å²) in [7, 11) is -0.762. The Morgan fingerprint density at radius 3 is 2.26 bits per heavy atom. The molecule has 166 valence electrons. The van der Waals surface area contributed by atoms with Crippen LogP contribution >= 0.6 is 0 Å². The molecule has 1 unspecified atom stereocenters. The Morgan fingerprint density at radius 1 is 1.03 bits per heavy atom. The summed E-state index contributed by atoms with van der Waals surface area (Å²) in [6.45, 7) is 2.04. The minimum Gasteiger partial charge on any atom is -0.497 e. The highest BCUT2D eigenvalue weighted by atomic mass is 32.2. The Balaban J connectivity index is 1.71. The number of amides is 1. The van der Waals surface area contributed by atoms with Gasteiger partial charge in [-0.05, 0) is 81.0 Å². The van der Waals surface area contributed by atoms with Gasteiger partial charge in [-0.2, -0.15) is 0 Å². The van der Waals surface area contributed by atoms with Crippen molar-refractivity contribution in [2.45, 2.75) is 49.6 Å². The Morgan fingerprint density at radius 2 is 1.71 bits per heavy atom. The number of nitrogens with one attached hydrogen (secondary N) is 1. The van der Waals surface area contributed by atoms with Crippen LogP contribution in [0.5, 0.6) is 11.5 Å². The van der Waals surface area contributed by atoms with Gasteiger partial charge in [0.2, 0.25) is 10.0 Å². The van der Waals surface area contributed by atoms with E-state index in [-0.39, 0.29) is 28.6 Å². The SMILES string of the molecule is COc1ccc(N(C(=O)c2ccc(OC)c(S(=O)(=O)NC3CC3)c2)C(C)C2CC2)cc1. The fraction of sp³-hybridized carbons (Fsp3) is 0.435. The molecule has 31 heavy (non-hydrogen) atoms. The molecule has 0 bridgehead atoms. The molecule has 1 N–H and O–H groups in total. The van der Waals surface area contributed by atoms with Crippen molar-refractivity contribution < 1.29 is 22.7 Å². The topological polar surface area (TPSA) is 84.9 Å². The molecule has 2 aliphatic carbocycles. The van der Waals surface area contributed by atoms with Gasteiger partial charge in [0.1, 0.15) is 16.4 Å². The summed E-state index contributed by atoms with van der Waals surface area (Å²) in [6.07, 6.45) is 3.80. The van der Waals surface area contributed by atoms with E-state index in [0.717, 1.165) is 31.4 Å². The molecule has 2 aliphatic rings. The number of methoxy groups -OCH3 is 2. The Hall–Kier alpha value is -2.58. The predicted octanol–water partition coefficient (Wildman–Crippen LogP) is 3.59. The predicted molar refractivity (Wildman–Crippen MR) is 118 cm³/mol. The van der Waals surface area contributed by atoms with Crippen LogP contribution < -0.4 is 19.1 Å². The first-order valence-electron chi connectivity index (χ1n) is 10.5. The molecule has 0 spiro atoms. The number of nitrogens with zero attached hydrogens (tertiary/aromatic N) is 1. The largest absolute Gasteiger partial charge is 0.497 e. The zero-order valence-corrected chi connectivity index (χ0v) is 18.8. The van der Waals surface area contributed by atoms with Crippen LogP contribution in [0.15, 0.2) is 47.4 Å². The number of carbonyl (C=O) groups excluding carboxylic acids is 1. The van der Waals surface area contributed by atoms with Gasteiger partial charge >= 0.3 is 0 Å².